The van der Waals surface area contributed by atoms with Gasteiger partial charge in [-0.15, -0.1) is 0 Å². The van der Waals surface area contributed by atoms with Gasteiger partial charge in [-0.1, -0.05) is 85.6 Å². The number of carbonyl (C=O) groups is 2. The van der Waals surface area contributed by atoms with Crippen LogP contribution in [0, 0.1) is 12.8 Å². The number of rotatable bonds is 11. The van der Waals surface area contributed by atoms with E-state index in [1.807, 2.05) is 87.5 Å². The van der Waals surface area contributed by atoms with Crippen molar-refractivity contribution in [2.45, 2.75) is 39.8 Å². The maximum absolute atomic E-state index is 13.5. The van der Waals surface area contributed by atoms with Crippen LogP contribution in [0.2, 0.25) is 5.02 Å². The smallest absolute Gasteiger partial charge is 0.261 e. The summed E-state index contributed by atoms with van der Waals surface area (Å²) >= 11 is 6.07. The van der Waals surface area contributed by atoms with Gasteiger partial charge in [-0.2, -0.15) is 0 Å². The van der Waals surface area contributed by atoms with Gasteiger partial charge in [0, 0.05) is 24.5 Å². The molecule has 0 spiro atoms. The van der Waals surface area contributed by atoms with Crippen LogP contribution in [0.25, 0.3) is 0 Å². The summed E-state index contributed by atoms with van der Waals surface area (Å²) in [6.45, 7) is 6.70. The van der Waals surface area contributed by atoms with E-state index in [9.17, 15) is 9.59 Å². The van der Waals surface area contributed by atoms with Gasteiger partial charge in [-0.3, -0.25) is 9.59 Å². The van der Waals surface area contributed by atoms with E-state index < -0.39 is 6.04 Å². The average Bonchev–Trinajstić information content (AvgIpc) is 2.86. The molecule has 0 saturated carbocycles. The minimum Gasteiger partial charge on any atom is -0.484 e. The van der Waals surface area contributed by atoms with Crippen LogP contribution in [0.5, 0.6) is 5.75 Å². The molecular formula is C29H33ClN2O3. The number of nitrogens with zero attached hydrogens (tertiary/aromatic N) is 1. The lowest BCUT2D eigenvalue weighted by atomic mass is 10.0. The third-order valence-corrected chi connectivity index (χ3v) is 5.86. The lowest BCUT2D eigenvalue weighted by molar-refractivity contribution is -0.142. The van der Waals surface area contributed by atoms with Crippen LogP contribution in [0.3, 0.4) is 0 Å². The van der Waals surface area contributed by atoms with Crippen molar-refractivity contribution in [3.05, 3.63) is 101 Å². The molecule has 1 N–H and O–H groups in total. The van der Waals surface area contributed by atoms with Crippen LogP contribution in [0.15, 0.2) is 78.9 Å². The van der Waals surface area contributed by atoms with E-state index in [1.54, 1.807) is 17.0 Å². The highest BCUT2D eigenvalue weighted by Gasteiger charge is 2.30. The van der Waals surface area contributed by atoms with Gasteiger partial charge in [0.25, 0.3) is 5.91 Å². The molecule has 0 radical (unpaired) electrons. The Labute approximate surface area is 213 Å². The molecule has 3 aromatic carbocycles. The van der Waals surface area contributed by atoms with Crippen molar-refractivity contribution in [2.75, 3.05) is 13.2 Å². The zero-order valence-corrected chi connectivity index (χ0v) is 21.3. The third kappa shape index (κ3) is 8.45. The summed E-state index contributed by atoms with van der Waals surface area (Å²) in [7, 11) is 0. The van der Waals surface area contributed by atoms with Crippen LogP contribution in [0.4, 0.5) is 0 Å². The fourth-order valence-electron chi connectivity index (χ4n) is 3.63. The molecule has 0 bridgehead atoms. The first kappa shape index (κ1) is 26.3. The van der Waals surface area contributed by atoms with Crippen LogP contribution < -0.4 is 10.1 Å². The van der Waals surface area contributed by atoms with Crippen LogP contribution in [-0.2, 0) is 22.6 Å². The van der Waals surface area contributed by atoms with E-state index >= 15 is 0 Å². The Morgan fingerprint density at radius 3 is 2.20 bits per heavy atom. The SMILES string of the molecule is Cc1ccc(OCC(=O)N(Cc2ccc(Cl)cc2)[C@H](Cc2ccccc2)C(=O)NCC(C)C)cc1. The van der Waals surface area contributed by atoms with Gasteiger partial charge in [0.15, 0.2) is 6.61 Å². The molecule has 0 aromatic heterocycles. The second kappa shape index (κ2) is 13.0. The quantitative estimate of drug-likeness (QED) is 0.387. The number of nitrogens with one attached hydrogen (secondary N) is 1. The standard InChI is InChI=1S/C29H33ClN2O3/c1-21(2)18-31-29(34)27(17-23-7-5-4-6-8-23)32(19-24-11-13-25(30)14-12-24)28(33)20-35-26-15-9-22(3)10-16-26/h4-16,21,27H,17-20H2,1-3H3,(H,31,34)/t27-/m1/s1. The van der Waals surface area contributed by atoms with Crippen molar-refractivity contribution in [2.24, 2.45) is 5.92 Å². The highest BCUT2D eigenvalue weighted by Crippen LogP contribution is 2.18. The summed E-state index contributed by atoms with van der Waals surface area (Å²) in [6.07, 6.45) is 0.397. The zero-order chi connectivity index (χ0) is 25.2. The number of amides is 2. The first-order chi connectivity index (χ1) is 16.8. The van der Waals surface area contributed by atoms with Crippen molar-refractivity contribution in [1.82, 2.24) is 10.2 Å². The van der Waals surface area contributed by atoms with Crippen LogP contribution >= 0.6 is 11.6 Å². The summed E-state index contributed by atoms with van der Waals surface area (Å²) in [4.78, 5) is 28.5. The molecule has 3 aromatic rings. The Bertz CT molecular complexity index is 1080. The van der Waals surface area contributed by atoms with Crippen molar-refractivity contribution >= 4 is 23.4 Å². The molecule has 0 unspecified atom stereocenters. The van der Waals surface area contributed by atoms with E-state index in [-0.39, 0.29) is 25.0 Å². The van der Waals surface area contributed by atoms with E-state index in [0.29, 0.717) is 29.7 Å². The lowest BCUT2D eigenvalue weighted by Crippen LogP contribution is -2.52. The Hall–Kier alpha value is -3.31. The Morgan fingerprint density at radius 1 is 0.914 bits per heavy atom. The molecule has 0 aliphatic heterocycles. The summed E-state index contributed by atoms with van der Waals surface area (Å²) in [5.74, 6) is 0.460. The number of hydrogen-bond acceptors (Lipinski definition) is 3. The van der Waals surface area contributed by atoms with E-state index in [0.717, 1.165) is 16.7 Å². The first-order valence-electron chi connectivity index (χ1n) is 11.9. The number of hydrogen-bond donors (Lipinski definition) is 1. The minimum atomic E-state index is -0.694. The summed E-state index contributed by atoms with van der Waals surface area (Å²) < 4.78 is 5.79. The van der Waals surface area contributed by atoms with Crippen LogP contribution in [0.1, 0.15) is 30.5 Å². The summed E-state index contributed by atoms with van der Waals surface area (Å²) in [6, 6.07) is 23.9. The van der Waals surface area contributed by atoms with Crippen LogP contribution in [-0.4, -0.2) is 35.9 Å². The van der Waals surface area contributed by atoms with Gasteiger partial charge in [0.05, 0.1) is 0 Å². The molecule has 35 heavy (non-hydrogen) atoms. The number of aryl methyl sites for hydroxylation is 1. The van der Waals surface area contributed by atoms with E-state index in [2.05, 4.69) is 5.32 Å². The molecule has 5 nitrogen and oxygen atoms in total. The maximum Gasteiger partial charge on any atom is 0.261 e. The van der Waals surface area contributed by atoms with E-state index in [1.165, 1.54) is 0 Å². The molecular weight excluding hydrogens is 460 g/mol. The second-order valence-corrected chi connectivity index (χ2v) is 9.53. The van der Waals surface area contributed by atoms with Gasteiger partial charge in [-0.05, 0) is 48.2 Å². The zero-order valence-electron chi connectivity index (χ0n) is 20.5. The Kier molecular flexibility index (Phi) is 9.74. The monoisotopic (exact) mass is 492 g/mol. The molecule has 2 amide bonds. The normalized spacial score (nSPS) is 11.7. The molecule has 0 fully saturated rings. The average molecular weight is 493 g/mol. The Balaban J connectivity index is 1.88. The molecule has 0 aliphatic rings. The Morgan fingerprint density at radius 2 is 1.57 bits per heavy atom. The van der Waals surface area contributed by atoms with Gasteiger partial charge in [-0.25, -0.2) is 0 Å². The fraction of sp³-hybridized carbons (Fsp3) is 0.310. The van der Waals surface area contributed by atoms with Crippen molar-refractivity contribution in [3.63, 3.8) is 0 Å². The minimum absolute atomic E-state index is 0.167. The van der Waals surface area contributed by atoms with Gasteiger partial charge in [0.1, 0.15) is 11.8 Å². The predicted octanol–water partition coefficient (Wildman–Crippen LogP) is 5.44. The molecule has 0 aliphatic carbocycles. The highest BCUT2D eigenvalue weighted by atomic mass is 35.5. The second-order valence-electron chi connectivity index (χ2n) is 9.09. The molecule has 184 valence electrons. The first-order valence-corrected chi connectivity index (χ1v) is 12.2. The number of carbonyl (C=O) groups excluding carboxylic acids is 2. The maximum atomic E-state index is 13.5. The predicted molar refractivity (Wildman–Crippen MR) is 140 cm³/mol. The number of ether oxygens (including phenoxy) is 1. The molecule has 0 saturated heterocycles. The van der Waals surface area contributed by atoms with Crippen molar-refractivity contribution in [1.29, 1.82) is 0 Å². The summed E-state index contributed by atoms with van der Waals surface area (Å²) in [5, 5.41) is 3.63. The third-order valence-electron chi connectivity index (χ3n) is 5.61. The van der Waals surface area contributed by atoms with E-state index in [4.69, 9.17) is 16.3 Å². The topological polar surface area (TPSA) is 58.6 Å². The van der Waals surface area contributed by atoms with Gasteiger partial charge >= 0.3 is 0 Å². The van der Waals surface area contributed by atoms with Gasteiger partial charge in [0.2, 0.25) is 5.91 Å². The molecule has 3 rings (SSSR count). The molecule has 6 heteroatoms. The summed E-state index contributed by atoms with van der Waals surface area (Å²) in [5.41, 5.74) is 2.97. The van der Waals surface area contributed by atoms with Gasteiger partial charge < -0.3 is 15.0 Å². The highest BCUT2D eigenvalue weighted by molar-refractivity contribution is 6.30. The fourth-order valence-corrected chi connectivity index (χ4v) is 3.75. The lowest BCUT2D eigenvalue weighted by Gasteiger charge is -2.31. The number of benzene rings is 3. The molecule has 1 atom stereocenters. The molecule has 0 heterocycles. The van der Waals surface area contributed by atoms with Crippen molar-refractivity contribution < 1.29 is 14.3 Å². The van der Waals surface area contributed by atoms with Crippen molar-refractivity contribution in [3.8, 4) is 5.75 Å². The largest absolute Gasteiger partial charge is 0.484 e. The number of halogens is 1.